The van der Waals surface area contributed by atoms with Crippen LogP contribution >= 0.6 is 0 Å². The van der Waals surface area contributed by atoms with E-state index >= 15 is 0 Å². The smallest absolute Gasteiger partial charge is 0.262 e. The lowest BCUT2D eigenvalue weighted by Crippen LogP contribution is -2.59. The molecule has 0 saturated carbocycles. The number of aliphatic hydroxyl groups is 2. The third kappa shape index (κ3) is 11.3. The third-order valence-corrected chi connectivity index (χ3v) is 14.0. The second kappa shape index (κ2) is 22.6. The molecular formula is C58H58N6O8. The number of imide groups is 2. The van der Waals surface area contributed by atoms with Crippen LogP contribution in [0.15, 0.2) is 170 Å². The minimum absolute atomic E-state index is 0.0802. The van der Waals surface area contributed by atoms with Gasteiger partial charge in [0.05, 0.1) is 46.5 Å². The van der Waals surface area contributed by atoms with Gasteiger partial charge in [-0.15, -0.1) is 0 Å². The highest BCUT2D eigenvalue weighted by Crippen LogP contribution is 2.28. The van der Waals surface area contributed by atoms with E-state index in [0.717, 1.165) is 32.1 Å². The average molecular weight is 967 g/mol. The van der Waals surface area contributed by atoms with E-state index in [-0.39, 0.29) is 61.0 Å². The Bertz CT molecular complexity index is 2610. The lowest BCUT2D eigenvalue weighted by Gasteiger charge is -2.39. The Labute approximate surface area is 418 Å². The minimum atomic E-state index is -1.19. The molecule has 14 nitrogen and oxygen atoms in total. The zero-order valence-corrected chi connectivity index (χ0v) is 39.8. The maximum absolute atomic E-state index is 14.5. The number of aliphatic hydroxyl groups excluding tert-OH is 2. The van der Waals surface area contributed by atoms with Gasteiger partial charge in [0.25, 0.3) is 23.6 Å². The molecule has 0 radical (unpaired) electrons. The molecule has 6 atom stereocenters. The first kappa shape index (κ1) is 49.4. The van der Waals surface area contributed by atoms with Gasteiger partial charge in [0, 0.05) is 52.1 Å². The van der Waals surface area contributed by atoms with E-state index in [1.54, 1.807) is 48.5 Å². The summed E-state index contributed by atoms with van der Waals surface area (Å²) in [5, 5.41) is 30.2. The Morgan fingerprint density at radius 2 is 0.639 bits per heavy atom. The van der Waals surface area contributed by atoms with Crippen LogP contribution in [0.4, 0.5) is 0 Å². The summed E-state index contributed by atoms with van der Waals surface area (Å²) < 4.78 is 0. The molecule has 1 saturated heterocycles. The van der Waals surface area contributed by atoms with Crippen molar-refractivity contribution in [2.45, 2.75) is 62.1 Å². The minimum Gasteiger partial charge on any atom is -0.390 e. The van der Waals surface area contributed by atoms with Gasteiger partial charge < -0.3 is 20.8 Å². The van der Waals surface area contributed by atoms with Crippen LogP contribution in [-0.2, 0) is 35.3 Å². The van der Waals surface area contributed by atoms with Crippen molar-refractivity contribution in [1.29, 1.82) is 0 Å². The van der Waals surface area contributed by atoms with Crippen LogP contribution in [0.1, 0.15) is 63.7 Å². The van der Waals surface area contributed by atoms with Crippen LogP contribution in [0.3, 0.4) is 0 Å². The Kier molecular flexibility index (Phi) is 15.5. The van der Waals surface area contributed by atoms with Gasteiger partial charge in [0.15, 0.2) is 0 Å². The van der Waals surface area contributed by atoms with Crippen LogP contribution in [0.5, 0.6) is 0 Å². The summed E-state index contributed by atoms with van der Waals surface area (Å²) in [6, 6.07) is 46.6. The first-order valence-corrected chi connectivity index (χ1v) is 24.5. The van der Waals surface area contributed by atoms with E-state index in [2.05, 4.69) is 20.4 Å². The number of hydrogen-bond acceptors (Lipinski definition) is 10. The molecule has 0 bridgehead atoms. The second-order valence-corrected chi connectivity index (χ2v) is 18.8. The zero-order valence-electron chi connectivity index (χ0n) is 39.8. The molecule has 6 amide bonds. The monoisotopic (exact) mass is 966 g/mol. The van der Waals surface area contributed by atoms with Crippen molar-refractivity contribution in [2.24, 2.45) is 0 Å². The SMILES string of the molecule is O=C(N[C@H](Cc1ccccc1)[C@@H](O)CN1CCN(C[C@H](O)[C@@H](Cc2ccccc2)NC(=O)[C@H](Cc2ccccc2)N2C(=O)c3ccccc3C2=O)CC1)[C@H](Cc1ccccc1)N1C(=O)c2ccccc2C1=O. The third-order valence-electron chi connectivity index (χ3n) is 14.0. The van der Waals surface area contributed by atoms with Gasteiger partial charge in [-0.1, -0.05) is 146 Å². The summed E-state index contributed by atoms with van der Waals surface area (Å²) in [4.78, 5) is 90.5. The molecular weight excluding hydrogens is 909 g/mol. The number of carbonyl (C=O) groups is 6. The highest BCUT2D eigenvalue weighted by Gasteiger charge is 2.45. The van der Waals surface area contributed by atoms with Gasteiger partial charge in [0.2, 0.25) is 11.8 Å². The molecule has 3 heterocycles. The lowest BCUT2D eigenvalue weighted by atomic mass is 9.98. The Balaban J connectivity index is 0.873. The number of piperazine rings is 1. The Hall–Kier alpha value is -7.62. The zero-order chi connectivity index (χ0) is 50.1. The van der Waals surface area contributed by atoms with Crippen LogP contribution in [0, 0.1) is 0 Å². The molecule has 3 aliphatic rings. The highest BCUT2D eigenvalue weighted by molar-refractivity contribution is 6.23. The van der Waals surface area contributed by atoms with E-state index in [0.29, 0.717) is 26.2 Å². The fourth-order valence-electron chi connectivity index (χ4n) is 10.1. The van der Waals surface area contributed by atoms with Crippen molar-refractivity contribution >= 4 is 35.4 Å². The summed E-state index contributed by atoms with van der Waals surface area (Å²) in [5.41, 5.74) is 4.25. The second-order valence-electron chi connectivity index (χ2n) is 18.8. The maximum atomic E-state index is 14.5. The number of benzene rings is 6. The fraction of sp³-hybridized carbons (Fsp3) is 0.276. The molecule has 3 aliphatic heterocycles. The molecule has 4 N–H and O–H groups in total. The molecule has 1 fully saturated rings. The Morgan fingerprint density at radius 1 is 0.389 bits per heavy atom. The van der Waals surface area contributed by atoms with Gasteiger partial charge in [0.1, 0.15) is 12.1 Å². The maximum Gasteiger partial charge on any atom is 0.262 e. The normalized spacial score (nSPS) is 17.4. The van der Waals surface area contributed by atoms with E-state index in [1.165, 1.54) is 0 Å². The number of nitrogens with zero attached hydrogens (tertiary/aromatic N) is 4. The van der Waals surface area contributed by atoms with Crippen molar-refractivity contribution in [3.8, 4) is 0 Å². The topological polar surface area (TPSA) is 180 Å². The Morgan fingerprint density at radius 3 is 0.917 bits per heavy atom. The summed E-state index contributed by atoms with van der Waals surface area (Å²) in [6.07, 6.45) is -1.38. The predicted octanol–water partition coefficient (Wildman–Crippen LogP) is 4.60. The van der Waals surface area contributed by atoms with Gasteiger partial charge in [-0.05, 0) is 59.4 Å². The van der Waals surface area contributed by atoms with Crippen molar-refractivity contribution in [3.63, 3.8) is 0 Å². The number of carbonyl (C=O) groups excluding carboxylic acids is 6. The van der Waals surface area contributed by atoms with Gasteiger partial charge in [-0.3, -0.25) is 48.4 Å². The molecule has 0 aliphatic carbocycles. The van der Waals surface area contributed by atoms with Crippen LogP contribution in [-0.4, -0.2) is 141 Å². The van der Waals surface area contributed by atoms with Crippen molar-refractivity contribution in [3.05, 3.63) is 214 Å². The predicted molar refractivity (Wildman–Crippen MR) is 271 cm³/mol. The molecule has 368 valence electrons. The summed E-state index contributed by atoms with van der Waals surface area (Å²) in [5.74, 6) is -3.29. The van der Waals surface area contributed by atoms with Crippen LogP contribution in [0.2, 0.25) is 0 Å². The molecule has 14 heteroatoms. The first-order chi connectivity index (χ1) is 35.0. The lowest BCUT2D eigenvalue weighted by molar-refractivity contribution is -0.127. The quantitative estimate of drug-likeness (QED) is 0.0791. The first-order valence-electron chi connectivity index (χ1n) is 24.5. The summed E-state index contributed by atoms with van der Waals surface area (Å²) in [6.45, 7) is 2.51. The fourth-order valence-corrected chi connectivity index (χ4v) is 10.1. The molecule has 0 unspecified atom stereocenters. The van der Waals surface area contributed by atoms with Crippen LogP contribution < -0.4 is 10.6 Å². The molecule has 6 aromatic carbocycles. The molecule has 9 rings (SSSR count). The number of fused-ring (bicyclic) bond motifs is 2. The average Bonchev–Trinajstić information content (AvgIpc) is 3.81. The number of nitrogens with one attached hydrogen (secondary N) is 2. The molecule has 6 aromatic rings. The number of hydrogen-bond donors (Lipinski definition) is 4. The van der Waals surface area contributed by atoms with Gasteiger partial charge >= 0.3 is 0 Å². The van der Waals surface area contributed by atoms with Crippen LogP contribution in [0.25, 0.3) is 0 Å². The molecule has 0 spiro atoms. The van der Waals surface area contributed by atoms with Crippen molar-refractivity contribution in [2.75, 3.05) is 39.3 Å². The van der Waals surface area contributed by atoms with E-state index < -0.39 is 71.8 Å². The molecule has 0 aromatic heterocycles. The standard InChI is InChI=1S/C58H58N6O8/c65-51(47(33-39-17-5-1-6-18-39)59-53(67)49(35-41-21-9-3-10-22-41)63-55(69)43-25-13-14-26-44(43)56(63)70)37-61-29-31-62(32-30-61)38-52(66)48(34-40-19-7-2-8-20-40)60-54(68)50(36-42-23-11-4-12-24-42)64-57(71)45-27-15-16-28-46(45)58(64)72/h1-28,47-52,65-66H,29-38H2,(H,59,67)(H,60,68)/t47-,48-,49+,50+,51+,52+/m1/s1. The molecule has 72 heavy (non-hydrogen) atoms. The summed E-state index contributed by atoms with van der Waals surface area (Å²) >= 11 is 0. The van der Waals surface area contributed by atoms with E-state index in [9.17, 15) is 39.0 Å². The summed E-state index contributed by atoms with van der Waals surface area (Å²) in [7, 11) is 0. The van der Waals surface area contributed by atoms with Crippen molar-refractivity contribution in [1.82, 2.24) is 30.2 Å². The van der Waals surface area contributed by atoms with Gasteiger partial charge in [-0.2, -0.15) is 0 Å². The number of β-amino-alcohol motifs (C(OH)–C–C–N with tert-alkyl or cyclic N) is 2. The number of rotatable bonds is 20. The largest absolute Gasteiger partial charge is 0.390 e. The van der Waals surface area contributed by atoms with Gasteiger partial charge in [-0.25, -0.2) is 0 Å². The number of amides is 6. The van der Waals surface area contributed by atoms with Crippen molar-refractivity contribution < 1.29 is 39.0 Å². The highest BCUT2D eigenvalue weighted by atomic mass is 16.3. The van der Waals surface area contributed by atoms with E-state index in [1.807, 2.05) is 121 Å². The van der Waals surface area contributed by atoms with E-state index in [4.69, 9.17) is 0 Å².